The van der Waals surface area contributed by atoms with Crippen LogP contribution in [-0.2, 0) is 65.4 Å². The molecule has 19 heteroatoms. The minimum atomic E-state index is -4.95. The Labute approximate surface area is 562 Å². The minimum Gasteiger partial charge on any atom is -0.462 e. The van der Waals surface area contributed by atoms with Gasteiger partial charge in [0.15, 0.2) is 12.2 Å². The number of esters is 4. The number of carbonyl (C=O) groups is 4. The van der Waals surface area contributed by atoms with Gasteiger partial charge in [0, 0.05) is 25.7 Å². The van der Waals surface area contributed by atoms with E-state index in [4.69, 9.17) is 37.0 Å². The molecule has 3 N–H and O–H groups in total. The summed E-state index contributed by atoms with van der Waals surface area (Å²) >= 11 is 0. The summed E-state index contributed by atoms with van der Waals surface area (Å²) in [5, 5.41) is 10.6. The molecule has 0 spiro atoms. The number of unbranched alkanes of at least 4 members (excludes halogenated alkanes) is 48. The lowest BCUT2D eigenvalue weighted by Crippen LogP contribution is -2.30. The number of phosphoric acid groups is 2. The summed E-state index contributed by atoms with van der Waals surface area (Å²) in [5.41, 5.74) is 0. The highest BCUT2D eigenvalue weighted by atomic mass is 31.2. The van der Waals surface area contributed by atoms with Crippen LogP contribution in [0.4, 0.5) is 0 Å². The summed E-state index contributed by atoms with van der Waals surface area (Å²) in [6, 6.07) is 0. The molecule has 0 aliphatic heterocycles. The van der Waals surface area contributed by atoms with E-state index in [-0.39, 0.29) is 25.7 Å². The predicted octanol–water partition coefficient (Wildman–Crippen LogP) is 21.4. The number of rotatable bonds is 74. The molecule has 0 rings (SSSR count). The highest BCUT2D eigenvalue weighted by molar-refractivity contribution is 7.47. The third-order valence-electron chi connectivity index (χ3n) is 17.1. The van der Waals surface area contributed by atoms with Crippen LogP contribution in [0.2, 0.25) is 0 Å². The van der Waals surface area contributed by atoms with Gasteiger partial charge in [-0.15, -0.1) is 0 Å². The van der Waals surface area contributed by atoms with Crippen molar-refractivity contribution in [3.63, 3.8) is 0 Å². The molecule has 0 saturated carbocycles. The van der Waals surface area contributed by atoms with E-state index in [1.165, 1.54) is 218 Å². The van der Waals surface area contributed by atoms with Gasteiger partial charge in [-0.3, -0.25) is 37.3 Å². The normalized spacial score (nSPS) is 13.9. The maximum atomic E-state index is 13.0. The van der Waals surface area contributed by atoms with Gasteiger partial charge in [-0.1, -0.05) is 336 Å². The standard InChI is InChI=1S/C73H142O17P2/c1-5-9-13-17-21-25-28-29-30-31-32-33-34-35-36-37-40-44-48-52-56-60-73(78)90-69(64-84-71(76)58-54-50-46-42-38-26-22-18-14-10-6-2)66-88-92(81,82)86-62-67(74)61-85-91(79,80)87-65-68(63-83-70(75)57-53-49-45-41-24-20-16-12-8-4)89-72(77)59-55-51-47-43-39-27-23-19-15-11-7-3/h67-69,74H,5-66H2,1-4H3,(H,79,80)(H,81,82)/t67-,68+,69+/m0/s1. The molecule has 0 aliphatic carbocycles. The van der Waals surface area contributed by atoms with Crippen molar-refractivity contribution in [1.82, 2.24) is 0 Å². The van der Waals surface area contributed by atoms with Crippen LogP contribution in [0.25, 0.3) is 0 Å². The smallest absolute Gasteiger partial charge is 0.462 e. The first-order valence-corrected chi connectivity index (χ1v) is 41.3. The highest BCUT2D eigenvalue weighted by Crippen LogP contribution is 2.45. The second-order valence-corrected chi connectivity index (χ2v) is 29.2. The van der Waals surface area contributed by atoms with Crippen LogP contribution in [0.3, 0.4) is 0 Å². The number of hydrogen-bond donors (Lipinski definition) is 3. The van der Waals surface area contributed by atoms with Crippen molar-refractivity contribution in [2.45, 2.75) is 406 Å². The molecule has 0 aromatic carbocycles. The largest absolute Gasteiger partial charge is 0.472 e. The molecule has 5 atom stereocenters. The lowest BCUT2D eigenvalue weighted by Gasteiger charge is -2.21. The SMILES string of the molecule is CCCCCCCCCCCCCCCCCCCCCCCC(=O)O[C@H](COC(=O)CCCCCCCCCCCCC)COP(=O)(O)OC[C@@H](O)COP(=O)(O)OC[C@@H](COC(=O)CCCCCCCCCCC)OC(=O)CCCCCCCCCCCCC. The van der Waals surface area contributed by atoms with Crippen LogP contribution in [-0.4, -0.2) is 96.7 Å². The van der Waals surface area contributed by atoms with Crippen molar-refractivity contribution in [3.05, 3.63) is 0 Å². The topological polar surface area (TPSA) is 237 Å². The average Bonchev–Trinajstić information content (AvgIpc) is 2.19. The lowest BCUT2D eigenvalue weighted by atomic mass is 10.0. The van der Waals surface area contributed by atoms with Crippen LogP contribution in [0.1, 0.15) is 387 Å². The summed E-state index contributed by atoms with van der Waals surface area (Å²) in [5.74, 6) is -2.12. The van der Waals surface area contributed by atoms with Gasteiger partial charge in [0.05, 0.1) is 26.4 Å². The Kier molecular flexibility index (Phi) is 66.2. The zero-order valence-electron chi connectivity index (χ0n) is 59.5. The van der Waals surface area contributed by atoms with E-state index < -0.39 is 97.5 Å². The van der Waals surface area contributed by atoms with E-state index in [2.05, 4.69) is 27.7 Å². The molecule has 92 heavy (non-hydrogen) atoms. The zero-order valence-corrected chi connectivity index (χ0v) is 61.3. The average molecular weight is 1350 g/mol. The van der Waals surface area contributed by atoms with Gasteiger partial charge in [-0.2, -0.15) is 0 Å². The minimum absolute atomic E-state index is 0.107. The second kappa shape index (κ2) is 67.6. The van der Waals surface area contributed by atoms with Crippen molar-refractivity contribution in [1.29, 1.82) is 0 Å². The first-order chi connectivity index (χ1) is 44.7. The fourth-order valence-electron chi connectivity index (χ4n) is 11.2. The summed E-state index contributed by atoms with van der Waals surface area (Å²) in [6.45, 7) is 4.94. The van der Waals surface area contributed by atoms with E-state index in [0.29, 0.717) is 25.7 Å². The van der Waals surface area contributed by atoms with E-state index in [1.54, 1.807) is 0 Å². The van der Waals surface area contributed by atoms with Gasteiger partial charge in [-0.05, 0) is 25.7 Å². The number of phosphoric ester groups is 2. The molecule has 0 bridgehead atoms. The molecular formula is C73H142O17P2. The molecule has 0 amide bonds. The van der Waals surface area contributed by atoms with Crippen molar-refractivity contribution in [2.75, 3.05) is 39.6 Å². The number of aliphatic hydroxyl groups is 1. The summed E-state index contributed by atoms with van der Waals surface area (Å²) in [7, 11) is -9.90. The maximum Gasteiger partial charge on any atom is 0.472 e. The summed E-state index contributed by atoms with van der Waals surface area (Å²) in [6.07, 6.45) is 56.9. The van der Waals surface area contributed by atoms with Gasteiger partial charge in [0.2, 0.25) is 0 Å². The Balaban J connectivity index is 5.15. The van der Waals surface area contributed by atoms with Crippen LogP contribution >= 0.6 is 15.6 Å². The fourth-order valence-corrected chi connectivity index (χ4v) is 12.8. The summed E-state index contributed by atoms with van der Waals surface area (Å²) < 4.78 is 68.3. The molecule has 0 radical (unpaired) electrons. The monoisotopic (exact) mass is 1350 g/mol. The quantitative estimate of drug-likeness (QED) is 0.0222. The van der Waals surface area contributed by atoms with Gasteiger partial charge in [0.1, 0.15) is 19.3 Å². The van der Waals surface area contributed by atoms with Crippen LogP contribution < -0.4 is 0 Å². The van der Waals surface area contributed by atoms with E-state index >= 15 is 0 Å². The first-order valence-electron chi connectivity index (χ1n) is 38.3. The van der Waals surface area contributed by atoms with Gasteiger partial charge in [-0.25, -0.2) is 9.13 Å². The zero-order chi connectivity index (χ0) is 67.5. The van der Waals surface area contributed by atoms with Crippen LogP contribution in [0.15, 0.2) is 0 Å². The van der Waals surface area contributed by atoms with E-state index in [0.717, 1.165) is 89.9 Å². The Morgan fingerprint density at radius 2 is 0.435 bits per heavy atom. The molecule has 546 valence electrons. The first kappa shape index (κ1) is 90.1. The van der Waals surface area contributed by atoms with Crippen molar-refractivity contribution >= 4 is 39.5 Å². The molecule has 0 fully saturated rings. The molecule has 17 nitrogen and oxygen atoms in total. The van der Waals surface area contributed by atoms with E-state index in [1.807, 2.05) is 0 Å². The number of carbonyl (C=O) groups excluding carboxylic acids is 4. The molecule has 0 aromatic heterocycles. The summed E-state index contributed by atoms with van der Waals surface area (Å²) in [4.78, 5) is 72.5. The molecule has 0 aliphatic rings. The fraction of sp³-hybridized carbons (Fsp3) is 0.945. The van der Waals surface area contributed by atoms with Crippen molar-refractivity contribution in [3.8, 4) is 0 Å². The van der Waals surface area contributed by atoms with E-state index in [9.17, 15) is 43.2 Å². The molecule has 0 aromatic rings. The number of ether oxygens (including phenoxy) is 4. The molecule has 0 heterocycles. The predicted molar refractivity (Wildman–Crippen MR) is 372 cm³/mol. The third kappa shape index (κ3) is 66.7. The van der Waals surface area contributed by atoms with Gasteiger partial charge < -0.3 is 33.8 Å². The molecular weight excluding hydrogens is 1210 g/mol. The van der Waals surface area contributed by atoms with Crippen molar-refractivity contribution < 1.29 is 80.2 Å². The lowest BCUT2D eigenvalue weighted by molar-refractivity contribution is -0.161. The molecule has 0 saturated heterocycles. The molecule has 2 unspecified atom stereocenters. The Morgan fingerprint density at radius 1 is 0.261 bits per heavy atom. The second-order valence-electron chi connectivity index (χ2n) is 26.3. The highest BCUT2D eigenvalue weighted by Gasteiger charge is 2.30. The Morgan fingerprint density at radius 3 is 0.641 bits per heavy atom. The number of hydrogen-bond acceptors (Lipinski definition) is 15. The van der Waals surface area contributed by atoms with Crippen molar-refractivity contribution in [2.24, 2.45) is 0 Å². The van der Waals surface area contributed by atoms with Gasteiger partial charge >= 0.3 is 39.5 Å². The Bertz CT molecular complexity index is 1760. The number of aliphatic hydroxyl groups excluding tert-OH is 1. The van der Waals surface area contributed by atoms with Crippen LogP contribution in [0.5, 0.6) is 0 Å². The third-order valence-corrected chi connectivity index (χ3v) is 19.0. The van der Waals surface area contributed by atoms with Crippen LogP contribution in [0, 0.1) is 0 Å². The Hall–Kier alpha value is -1.94. The maximum absolute atomic E-state index is 13.0. The van der Waals surface area contributed by atoms with Gasteiger partial charge in [0.25, 0.3) is 0 Å².